The van der Waals surface area contributed by atoms with Gasteiger partial charge < -0.3 is 39.9 Å². The minimum absolute atomic E-state index is 0. The summed E-state index contributed by atoms with van der Waals surface area (Å²) >= 11 is 0. The summed E-state index contributed by atoms with van der Waals surface area (Å²) in [4.78, 5) is 6.56. The summed E-state index contributed by atoms with van der Waals surface area (Å²) < 4.78 is 5.32. The minimum Gasteiger partial charge on any atom is -1.00 e. The van der Waals surface area contributed by atoms with Crippen LogP contribution in [-0.4, -0.2) is 29.5 Å². The van der Waals surface area contributed by atoms with Gasteiger partial charge in [0.25, 0.3) is 6.01 Å². The van der Waals surface area contributed by atoms with Gasteiger partial charge in [0.05, 0.1) is 5.69 Å². The van der Waals surface area contributed by atoms with Crippen LogP contribution in [0.1, 0.15) is 21.2 Å². The molecule has 88 valence electrons. The Morgan fingerprint density at radius 1 is 1.40 bits per heavy atom. The van der Waals surface area contributed by atoms with E-state index in [-0.39, 0.29) is 27.7 Å². The number of aromatic nitrogens is 1. The van der Waals surface area contributed by atoms with E-state index >= 15 is 0 Å². The fourth-order valence-corrected chi connectivity index (χ4v) is 1.75. The fraction of sp³-hybridized carbons (Fsp3) is 0.667. The summed E-state index contributed by atoms with van der Waals surface area (Å²) in [5.74, 6) is 0.980. The zero-order chi connectivity index (χ0) is 9.26. The first-order chi connectivity index (χ1) is 6.29. The third kappa shape index (κ3) is 3.26. The molecular formula is C9H17Cl2N3O. The molecular weight excluding hydrogens is 237 g/mol. The standard InChI is InChI=1S/C9H15N3O.2ClH/c1-2-12-5-3-7-8(4-6-12)13-9(10)11-7;;/h2-6H2,1H3,(H2,10,11);2*1H. The molecule has 4 nitrogen and oxygen atoms in total. The predicted molar refractivity (Wildman–Crippen MR) is 52.7 cm³/mol. The molecule has 0 saturated heterocycles. The number of nitrogens with zero attached hydrogens (tertiary/aromatic N) is 2. The normalized spacial score (nSPS) is 15.8. The van der Waals surface area contributed by atoms with Crippen LogP contribution in [0.3, 0.4) is 0 Å². The lowest BCUT2D eigenvalue weighted by Crippen LogP contribution is -3.00. The molecule has 2 heterocycles. The number of hydrogen-bond acceptors (Lipinski definition) is 4. The van der Waals surface area contributed by atoms with Crippen molar-refractivity contribution >= 4 is 6.01 Å². The van der Waals surface area contributed by atoms with E-state index in [2.05, 4.69) is 16.8 Å². The van der Waals surface area contributed by atoms with Gasteiger partial charge in [-0.25, -0.2) is 0 Å². The molecule has 6 heteroatoms. The van der Waals surface area contributed by atoms with Crippen LogP contribution in [0.4, 0.5) is 6.01 Å². The van der Waals surface area contributed by atoms with E-state index in [9.17, 15) is 0 Å². The molecule has 0 aromatic carbocycles. The molecule has 0 fully saturated rings. The lowest BCUT2D eigenvalue weighted by Gasteiger charge is -2.15. The number of hydrogen-bond donors (Lipinski definition) is 1. The molecule has 0 amide bonds. The van der Waals surface area contributed by atoms with Crippen molar-refractivity contribution in [3.05, 3.63) is 11.5 Å². The van der Waals surface area contributed by atoms with Gasteiger partial charge in [-0.1, -0.05) is 6.92 Å². The number of fused-ring (bicyclic) bond motifs is 1. The maximum atomic E-state index is 5.49. The maximum absolute atomic E-state index is 5.49. The summed E-state index contributed by atoms with van der Waals surface area (Å²) in [6.07, 6.45) is 1.90. The molecule has 0 atom stereocenters. The van der Waals surface area contributed by atoms with Crippen LogP contribution in [0.2, 0.25) is 0 Å². The first kappa shape index (κ1) is 14.6. The number of anilines is 1. The molecule has 0 radical (unpaired) electrons. The number of rotatable bonds is 1. The highest BCUT2D eigenvalue weighted by Gasteiger charge is 2.17. The van der Waals surface area contributed by atoms with Crippen LogP contribution in [-0.2, 0) is 12.8 Å². The van der Waals surface area contributed by atoms with Crippen LogP contribution in [0.15, 0.2) is 4.42 Å². The average Bonchev–Trinajstić information content (AvgIpc) is 2.37. The second-order valence-electron chi connectivity index (χ2n) is 3.36. The second kappa shape index (κ2) is 6.20. The van der Waals surface area contributed by atoms with Gasteiger partial charge in [-0.05, 0) is 6.54 Å². The van der Waals surface area contributed by atoms with E-state index in [1.807, 2.05) is 0 Å². The Balaban J connectivity index is -0.000000490. The SMILES string of the molecule is CCN1CCc2nc(N)oc2CC1.[Cl-].[Cl-].[H+].[H+]. The van der Waals surface area contributed by atoms with Crippen molar-refractivity contribution in [2.45, 2.75) is 19.8 Å². The van der Waals surface area contributed by atoms with E-state index in [0.717, 1.165) is 43.9 Å². The molecule has 2 N–H and O–H groups in total. The molecule has 0 spiro atoms. The fourth-order valence-electron chi connectivity index (χ4n) is 1.75. The molecule has 0 saturated carbocycles. The first-order valence-electron chi connectivity index (χ1n) is 4.76. The highest BCUT2D eigenvalue weighted by Crippen LogP contribution is 2.17. The summed E-state index contributed by atoms with van der Waals surface area (Å²) in [7, 11) is 0. The Labute approximate surface area is 105 Å². The van der Waals surface area contributed by atoms with Crippen LogP contribution in [0.5, 0.6) is 0 Å². The van der Waals surface area contributed by atoms with Gasteiger partial charge in [-0.15, -0.1) is 0 Å². The summed E-state index contributed by atoms with van der Waals surface area (Å²) in [5, 5.41) is 0. The molecule has 1 aromatic heterocycles. The summed E-state index contributed by atoms with van der Waals surface area (Å²) in [5.41, 5.74) is 6.53. The molecule has 15 heavy (non-hydrogen) atoms. The zero-order valence-corrected chi connectivity index (χ0v) is 10.2. The van der Waals surface area contributed by atoms with Crippen LogP contribution in [0, 0.1) is 0 Å². The van der Waals surface area contributed by atoms with Crippen molar-refractivity contribution in [1.82, 2.24) is 9.88 Å². The number of likely N-dealkylation sites (N-methyl/N-ethyl adjacent to an activating group) is 1. The number of halogens is 2. The van der Waals surface area contributed by atoms with Crippen molar-refractivity contribution in [2.24, 2.45) is 0 Å². The van der Waals surface area contributed by atoms with Crippen molar-refractivity contribution in [3.63, 3.8) is 0 Å². The van der Waals surface area contributed by atoms with Gasteiger partial charge in [-0.2, -0.15) is 4.98 Å². The lowest BCUT2D eigenvalue weighted by molar-refractivity contribution is -0.00100. The molecule has 1 aliphatic heterocycles. The van der Waals surface area contributed by atoms with Gasteiger partial charge in [0, 0.05) is 25.9 Å². The highest BCUT2D eigenvalue weighted by atomic mass is 35.5. The Morgan fingerprint density at radius 2 is 2.07 bits per heavy atom. The van der Waals surface area contributed by atoms with Crippen molar-refractivity contribution < 1.29 is 32.1 Å². The van der Waals surface area contributed by atoms with E-state index in [4.69, 9.17) is 10.2 Å². The monoisotopic (exact) mass is 253 g/mol. The zero-order valence-electron chi connectivity index (χ0n) is 10.7. The molecule has 0 unspecified atom stereocenters. The third-order valence-corrected chi connectivity index (χ3v) is 2.56. The van der Waals surface area contributed by atoms with Crippen LogP contribution < -0.4 is 30.5 Å². The van der Waals surface area contributed by atoms with Crippen molar-refractivity contribution in [3.8, 4) is 0 Å². The van der Waals surface area contributed by atoms with E-state index < -0.39 is 0 Å². The second-order valence-corrected chi connectivity index (χ2v) is 3.36. The van der Waals surface area contributed by atoms with Gasteiger partial charge >= 0.3 is 2.85 Å². The van der Waals surface area contributed by atoms with Gasteiger partial charge in [-0.3, -0.25) is 0 Å². The Bertz CT molecular complexity index is 287. The molecule has 1 aliphatic rings. The quantitative estimate of drug-likeness (QED) is 0.545. The molecule has 0 aliphatic carbocycles. The number of nitrogens with two attached hydrogens (primary N) is 1. The molecule has 0 bridgehead atoms. The lowest BCUT2D eigenvalue weighted by atomic mass is 10.2. The van der Waals surface area contributed by atoms with Crippen molar-refractivity contribution in [2.75, 3.05) is 25.4 Å². The molecule has 2 rings (SSSR count). The Morgan fingerprint density at radius 3 is 2.73 bits per heavy atom. The topological polar surface area (TPSA) is 55.3 Å². The van der Waals surface area contributed by atoms with Gasteiger partial charge in [0.2, 0.25) is 0 Å². The minimum atomic E-state index is 0. The van der Waals surface area contributed by atoms with E-state index in [1.165, 1.54) is 0 Å². The number of oxazole rings is 1. The van der Waals surface area contributed by atoms with Crippen LogP contribution >= 0.6 is 0 Å². The number of nitrogen functional groups attached to an aromatic ring is 1. The maximum Gasteiger partial charge on any atom is 1.00 e. The molecule has 1 aromatic rings. The van der Waals surface area contributed by atoms with Gasteiger partial charge in [0.15, 0.2) is 0 Å². The summed E-state index contributed by atoms with van der Waals surface area (Å²) in [6, 6.07) is 0.315. The first-order valence-corrected chi connectivity index (χ1v) is 4.76. The van der Waals surface area contributed by atoms with E-state index in [1.54, 1.807) is 0 Å². The highest BCUT2D eigenvalue weighted by molar-refractivity contribution is 5.21. The predicted octanol–water partition coefficient (Wildman–Crippen LogP) is -5.09. The summed E-state index contributed by atoms with van der Waals surface area (Å²) in [6.45, 7) is 5.39. The van der Waals surface area contributed by atoms with Gasteiger partial charge in [0.1, 0.15) is 5.76 Å². The van der Waals surface area contributed by atoms with Crippen molar-refractivity contribution in [1.29, 1.82) is 0 Å². The van der Waals surface area contributed by atoms with E-state index in [0.29, 0.717) is 6.01 Å². The smallest absolute Gasteiger partial charge is 1.00 e. The third-order valence-electron chi connectivity index (χ3n) is 2.56. The average molecular weight is 254 g/mol. The Kier molecular flexibility index (Phi) is 6.02. The largest absolute Gasteiger partial charge is 1.00 e. The Hall–Kier alpha value is -0.450. The van der Waals surface area contributed by atoms with Crippen LogP contribution in [0.25, 0.3) is 0 Å².